The Morgan fingerprint density at radius 1 is 1.25 bits per heavy atom. The number of carbonyl (C=O) groups is 1. The minimum Gasteiger partial charge on any atom is -0.476 e. The molecule has 1 aliphatic carbocycles. The highest BCUT2D eigenvalue weighted by molar-refractivity contribution is 5.84. The molecule has 0 bridgehead atoms. The molecule has 1 saturated carbocycles. The van der Waals surface area contributed by atoms with Crippen molar-refractivity contribution in [1.29, 1.82) is 0 Å². The fourth-order valence-corrected chi connectivity index (χ4v) is 2.56. The van der Waals surface area contributed by atoms with Gasteiger partial charge in [0.2, 0.25) is 0 Å². The highest BCUT2D eigenvalue weighted by Crippen LogP contribution is 2.34. The predicted octanol–water partition coefficient (Wildman–Crippen LogP) is 2.48. The van der Waals surface area contributed by atoms with Gasteiger partial charge in [0.15, 0.2) is 11.4 Å². The van der Waals surface area contributed by atoms with Crippen LogP contribution in [0.5, 0.6) is 5.75 Å². The Kier molecular flexibility index (Phi) is 3.37. The summed E-state index contributed by atoms with van der Waals surface area (Å²) in [5, 5.41) is 15.8. The standard InChI is InChI=1S/C14H15N3O3/c18-14(19)13-9-17(16-15-13)20-12-7-5-11(6-8-12)10-3-1-2-4-10/h5-10H,1-4H2,(H,18,19). The van der Waals surface area contributed by atoms with E-state index in [0.717, 1.165) is 4.85 Å². The summed E-state index contributed by atoms with van der Waals surface area (Å²) in [5.74, 6) is 0.138. The van der Waals surface area contributed by atoms with Crippen molar-refractivity contribution in [3.63, 3.8) is 0 Å². The van der Waals surface area contributed by atoms with E-state index >= 15 is 0 Å². The van der Waals surface area contributed by atoms with Crippen molar-refractivity contribution in [1.82, 2.24) is 15.2 Å². The second-order valence-electron chi connectivity index (χ2n) is 4.95. The molecule has 1 aromatic carbocycles. The van der Waals surface area contributed by atoms with Crippen LogP contribution in [0.3, 0.4) is 0 Å². The van der Waals surface area contributed by atoms with Crippen molar-refractivity contribution in [3.05, 3.63) is 41.7 Å². The SMILES string of the molecule is O=C(O)c1cn(Oc2ccc(C3CCCC3)cc2)nn1. The summed E-state index contributed by atoms with van der Waals surface area (Å²) in [6, 6.07) is 7.85. The smallest absolute Gasteiger partial charge is 0.358 e. The molecule has 1 aliphatic rings. The summed E-state index contributed by atoms with van der Waals surface area (Å²) in [5.41, 5.74) is 1.19. The van der Waals surface area contributed by atoms with Crippen LogP contribution >= 0.6 is 0 Å². The monoisotopic (exact) mass is 273 g/mol. The number of carboxylic acids is 1. The Morgan fingerprint density at radius 2 is 1.95 bits per heavy atom. The molecule has 3 rings (SSSR count). The first kappa shape index (κ1) is 12.7. The lowest BCUT2D eigenvalue weighted by Gasteiger charge is -2.10. The van der Waals surface area contributed by atoms with E-state index in [-0.39, 0.29) is 5.69 Å². The van der Waals surface area contributed by atoms with Crippen molar-refractivity contribution in [3.8, 4) is 5.75 Å². The first-order valence-electron chi connectivity index (χ1n) is 6.66. The molecule has 0 spiro atoms. The number of aromatic carboxylic acids is 1. The Bertz CT molecular complexity index is 600. The summed E-state index contributed by atoms with van der Waals surface area (Å²) in [6.45, 7) is 0. The minimum absolute atomic E-state index is 0.146. The average Bonchev–Trinajstić information content (AvgIpc) is 3.10. The van der Waals surface area contributed by atoms with Crippen LogP contribution in [0.4, 0.5) is 0 Å². The number of aromatic nitrogens is 3. The van der Waals surface area contributed by atoms with Gasteiger partial charge in [-0.2, -0.15) is 0 Å². The Hall–Kier alpha value is -2.37. The van der Waals surface area contributed by atoms with E-state index in [1.54, 1.807) is 0 Å². The first-order valence-corrected chi connectivity index (χ1v) is 6.66. The van der Waals surface area contributed by atoms with Crippen molar-refractivity contribution < 1.29 is 14.7 Å². The fraction of sp³-hybridized carbons (Fsp3) is 0.357. The molecule has 0 saturated heterocycles. The molecule has 0 unspecified atom stereocenters. The van der Waals surface area contributed by atoms with Crippen LogP contribution in [0.1, 0.15) is 47.7 Å². The van der Waals surface area contributed by atoms with Gasteiger partial charge in [-0.3, -0.25) is 0 Å². The molecule has 0 radical (unpaired) electrons. The molecule has 0 amide bonds. The van der Waals surface area contributed by atoms with Crippen LogP contribution in [0.2, 0.25) is 0 Å². The largest absolute Gasteiger partial charge is 0.476 e. The van der Waals surface area contributed by atoms with Gasteiger partial charge < -0.3 is 9.94 Å². The number of hydrogen-bond donors (Lipinski definition) is 1. The molecule has 0 atom stereocenters. The molecule has 1 heterocycles. The van der Waals surface area contributed by atoms with E-state index in [1.165, 1.54) is 37.4 Å². The molecule has 104 valence electrons. The summed E-state index contributed by atoms with van der Waals surface area (Å²) < 4.78 is 0. The van der Waals surface area contributed by atoms with Crippen LogP contribution in [0.15, 0.2) is 30.5 Å². The summed E-state index contributed by atoms with van der Waals surface area (Å²) >= 11 is 0. The zero-order valence-corrected chi connectivity index (χ0v) is 10.9. The lowest BCUT2D eigenvalue weighted by molar-refractivity contribution is 0.0690. The van der Waals surface area contributed by atoms with E-state index in [0.29, 0.717) is 11.7 Å². The number of rotatable bonds is 4. The maximum atomic E-state index is 10.7. The topological polar surface area (TPSA) is 77.2 Å². The summed E-state index contributed by atoms with van der Waals surface area (Å²) in [7, 11) is 0. The molecular weight excluding hydrogens is 258 g/mol. The molecule has 1 N–H and O–H groups in total. The third kappa shape index (κ3) is 2.64. The number of benzene rings is 1. The molecule has 1 aromatic heterocycles. The van der Waals surface area contributed by atoms with E-state index in [4.69, 9.17) is 9.94 Å². The maximum absolute atomic E-state index is 10.7. The van der Waals surface area contributed by atoms with E-state index < -0.39 is 5.97 Å². The molecule has 20 heavy (non-hydrogen) atoms. The van der Waals surface area contributed by atoms with Gasteiger partial charge in [0, 0.05) is 0 Å². The van der Waals surface area contributed by atoms with E-state index in [9.17, 15) is 4.79 Å². The highest BCUT2D eigenvalue weighted by atomic mass is 16.7. The average molecular weight is 273 g/mol. The second-order valence-corrected chi connectivity index (χ2v) is 4.95. The third-order valence-electron chi connectivity index (χ3n) is 3.60. The van der Waals surface area contributed by atoms with Gasteiger partial charge in [0.1, 0.15) is 6.20 Å². The predicted molar refractivity (Wildman–Crippen MR) is 70.7 cm³/mol. The maximum Gasteiger partial charge on any atom is 0.358 e. The van der Waals surface area contributed by atoms with Gasteiger partial charge >= 0.3 is 5.97 Å². The normalized spacial score (nSPS) is 15.4. The number of nitrogens with zero attached hydrogens (tertiary/aromatic N) is 3. The van der Waals surface area contributed by atoms with Crippen LogP contribution in [-0.2, 0) is 0 Å². The van der Waals surface area contributed by atoms with Crippen molar-refractivity contribution in [2.24, 2.45) is 0 Å². The highest BCUT2D eigenvalue weighted by Gasteiger charge is 2.17. The zero-order valence-electron chi connectivity index (χ0n) is 10.9. The third-order valence-corrected chi connectivity index (χ3v) is 3.60. The van der Waals surface area contributed by atoms with Gasteiger partial charge in [-0.25, -0.2) is 4.79 Å². The van der Waals surface area contributed by atoms with E-state index in [2.05, 4.69) is 22.4 Å². The van der Waals surface area contributed by atoms with Crippen molar-refractivity contribution in [2.75, 3.05) is 0 Å². The number of hydrogen-bond acceptors (Lipinski definition) is 4. The summed E-state index contributed by atoms with van der Waals surface area (Å²) in [6.07, 6.45) is 6.35. The quantitative estimate of drug-likeness (QED) is 0.926. The first-order chi connectivity index (χ1) is 9.72. The van der Waals surface area contributed by atoms with E-state index in [1.807, 2.05) is 12.1 Å². The lowest BCUT2D eigenvalue weighted by Crippen LogP contribution is -2.06. The van der Waals surface area contributed by atoms with Crippen LogP contribution in [0, 0.1) is 0 Å². The van der Waals surface area contributed by atoms with Crippen molar-refractivity contribution >= 4 is 5.97 Å². The Morgan fingerprint density at radius 3 is 2.55 bits per heavy atom. The second kappa shape index (κ2) is 5.32. The molecule has 0 aliphatic heterocycles. The molecule has 6 nitrogen and oxygen atoms in total. The Labute approximate surface area is 115 Å². The Balaban J connectivity index is 1.69. The zero-order chi connectivity index (χ0) is 13.9. The van der Waals surface area contributed by atoms with Crippen LogP contribution in [-0.4, -0.2) is 26.2 Å². The molecular formula is C14H15N3O3. The molecule has 6 heteroatoms. The van der Waals surface area contributed by atoms with Gasteiger partial charge in [-0.05, 0) is 41.7 Å². The van der Waals surface area contributed by atoms with Gasteiger partial charge in [0.25, 0.3) is 0 Å². The van der Waals surface area contributed by atoms with Crippen LogP contribution in [0.25, 0.3) is 0 Å². The van der Waals surface area contributed by atoms with Crippen molar-refractivity contribution in [2.45, 2.75) is 31.6 Å². The van der Waals surface area contributed by atoms with Gasteiger partial charge in [-0.15, -0.1) is 5.10 Å². The van der Waals surface area contributed by atoms with Crippen LogP contribution < -0.4 is 4.84 Å². The minimum atomic E-state index is -1.13. The van der Waals surface area contributed by atoms with Gasteiger partial charge in [0.05, 0.1) is 0 Å². The number of carboxylic acid groups (broad SMARTS) is 1. The van der Waals surface area contributed by atoms with Gasteiger partial charge in [-0.1, -0.05) is 29.8 Å². The molecule has 2 aromatic rings. The summed E-state index contributed by atoms with van der Waals surface area (Å²) in [4.78, 5) is 17.1. The fourth-order valence-electron chi connectivity index (χ4n) is 2.56. The lowest BCUT2D eigenvalue weighted by atomic mass is 9.98. The molecule has 1 fully saturated rings.